The second kappa shape index (κ2) is 7.00. The quantitative estimate of drug-likeness (QED) is 0.799. The summed E-state index contributed by atoms with van der Waals surface area (Å²) in [5, 5.41) is 11.6. The van der Waals surface area contributed by atoms with Gasteiger partial charge in [-0.05, 0) is 19.8 Å². The van der Waals surface area contributed by atoms with Crippen molar-refractivity contribution < 1.29 is 9.53 Å². The number of nitrogens with one attached hydrogen (secondary N) is 1. The molecule has 2 heterocycles. The molecule has 1 amide bonds. The van der Waals surface area contributed by atoms with Gasteiger partial charge in [-0.25, -0.2) is 9.97 Å². The second-order valence-electron chi connectivity index (χ2n) is 5.30. The van der Waals surface area contributed by atoms with Crippen molar-refractivity contribution in [1.82, 2.24) is 15.3 Å². The fourth-order valence-corrected chi connectivity index (χ4v) is 2.44. The first-order chi connectivity index (χ1) is 10.5. The fraction of sp³-hybridized carbons (Fsp3) is 0.467. The van der Waals surface area contributed by atoms with Crippen molar-refractivity contribution in [2.45, 2.75) is 32.4 Å². The van der Waals surface area contributed by atoms with E-state index in [-0.39, 0.29) is 35.9 Å². The van der Waals surface area contributed by atoms with Gasteiger partial charge >= 0.3 is 0 Å². The van der Waals surface area contributed by atoms with E-state index in [1.54, 1.807) is 0 Å². The predicted octanol–water partition coefficient (Wildman–Crippen LogP) is 0.918. The van der Waals surface area contributed by atoms with Crippen molar-refractivity contribution in [3.63, 3.8) is 0 Å². The molecule has 0 spiro atoms. The van der Waals surface area contributed by atoms with E-state index < -0.39 is 0 Å². The topological polar surface area (TPSA) is 114 Å². The van der Waals surface area contributed by atoms with E-state index in [2.05, 4.69) is 21.9 Å². The van der Waals surface area contributed by atoms with Crippen LogP contribution < -0.4 is 11.1 Å². The smallest absolute Gasteiger partial charge is 0.226 e. The third-order valence-electron chi connectivity index (χ3n) is 3.55. The van der Waals surface area contributed by atoms with Crippen molar-refractivity contribution in [3.05, 3.63) is 29.7 Å². The highest BCUT2D eigenvalue weighted by atomic mass is 16.5. The number of carbonyl (C=O) groups is 1. The van der Waals surface area contributed by atoms with Crippen molar-refractivity contribution in [2.24, 2.45) is 5.92 Å². The fourth-order valence-electron chi connectivity index (χ4n) is 2.44. The van der Waals surface area contributed by atoms with Crippen molar-refractivity contribution in [1.29, 1.82) is 5.26 Å². The predicted molar refractivity (Wildman–Crippen MR) is 80.3 cm³/mol. The number of nitrogen functional groups attached to an aromatic ring is 1. The van der Waals surface area contributed by atoms with Crippen LogP contribution in [-0.4, -0.2) is 28.6 Å². The van der Waals surface area contributed by atoms with Gasteiger partial charge < -0.3 is 15.8 Å². The van der Waals surface area contributed by atoms with Crippen LogP contribution in [0.15, 0.2) is 18.3 Å². The number of rotatable bonds is 4. The number of nitrogens with zero attached hydrogens (tertiary/aromatic N) is 3. The van der Waals surface area contributed by atoms with Crippen LogP contribution in [0.3, 0.4) is 0 Å². The molecule has 1 fully saturated rings. The van der Waals surface area contributed by atoms with Gasteiger partial charge in [0.2, 0.25) is 5.91 Å². The van der Waals surface area contributed by atoms with Gasteiger partial charge in [0.05, 0.1) is 24.8 Å². The Labute approximate surface area is 129 Å². The maximum Gasteiger partial charge on any atom is 0.226 e. The van der Waals surface area contributed by atoms with Gasteiger partial charge in [-0.15, -0.1) is 0 Å². The highest BCUT2D eigenvalue weighted by Crippen LogP contribution is 2.25. The molecule has 7 nitrogen and oxygen atoms in total. The third-order valence-corrected chi connectivity index (χ3v) is 3.55. The molecule has 0 aromatic carbocycles. The minimum absolute atomic E-state index is 0.112. The molecule has 22 heavy (non-hydrogen) atoms. The molecular formula is C15H19N5O2. The Morgan fingerprint density at radius 1 is 1.68 bits per heavy atom. The SMILES string of the molecule is C=C(C)[C@@H]1OCCC[C@H]1C(=O)NCc1ncc(C#N)c(N)n1. The van der Waals surface area contributed by atoms with Gasteiger partial charge in [-0.1, -0.05) is 12.2 Å². The Bertz CT molecular complexity index is 623. The monoisotopic (exact) mass is 301 g/mol. The average Bonchev–Trinajstić information content (AvgIpc) is 2.52. The lowest BCUT2D eigenvalue weighted by molar-refractivity contribution is -0.132. The first-order valence-corrected chi connectivity index (χ1v) is 7.09. The Hall–Kier alpha value is -2.46. The van der Waals surface area contributed by atoms with Crippen molar-refractivity contribution in [3.8, 4) is 6.07 Å². The maximum absolute atomic E-state index is 12.3. The lowest BCUT2D eigenvalue weighted by Gasteiger charge is -2.31. The van der Waals surface area contributed by atoms with Crippen LogP contribution in [0.2, 0.25) is 0 Å². The lowest BCUT2D eigenvalue weighted by Crippen LogP contribution is -2.42. The lowest BCUT2D eigenvalue weighted by atomic mass is 9.90. The largest absolute Gasteiger partial charge is 0.382 e. The third kappa shape index (κ3) is 3.59. The number of anilines is 1. The van der Waals surface area contributed by atoms with Gasteiger partial charge in [0.1, 0.15) is 23.3 Å². The molecule has 1 aliphatic heterocycles. The van der Waals surface area contributed by atoms with Crippen LogP contribution in [0.5, 0.6) is 0 Å². The minimum Gasteiger partial charge on any atom is -0.382 e. The Kier molecular flexibility index (Phi) is 5.07. The van der Waals surface area contributed by atoms with E-state index in [4.69, 9.17) is 15.7 Å². The average molecular weight is 301 g/mol. The molecule has 2 atom stereocenters. The second-order valence-corrected chi connectivity index (χ2v) is 5.30. The molecule has 0 aliphatic carbocycles. The summed E-state index contributed by atoms with van der Waals surface area (Å²) in [6, 6.07) is 1.89. The molecule has 1 saturated heterocycles. The zero-order valence-corrected chi connectivity index (χ0v) is 12.5. The van der Waals surface area contributed by atoms with Gasteiger partial charge in [0.25, 0.3) is 0 Å². The van der Waals surface area contributed by atoms with Crippen LogP contribution in [0, 0.1) is 17.2 Å². The number of nitrogens with two attached hydrogens (primary N) is 1. The molecule has 0 radical (unpaired) electrons. The number of aromatic nitrogens is 2. The Morgan fingerprint density at radius 2 is 2.45 bits per heavy atom. The van der Waals surface area contributed by atoms with Crippen molar-refractivity contribution >= 4 is 11.7 Å². The highest BCUT2D eigenvalue weighted by molar-refractivity contribution is 5.79. The molecule has 0 bridgehead atoms. The van der Waals surface area contributed by atoms with Gasteiger partial charge in [-0.3, -0.25) is 4.79 Å². The van der Waals surface area contributed by atoms with Gasteiger partial charge in [0, 0.05) is 6.61 Å². The molecule has 7 heteroatoms. The molecule has 2 rings (SSSR count). The molecular weight excluding hydrogens is 282 g/mol. The standard InChI is InChI=1S/C15H19N5O2/c1-9(2)13-11(4-3-5-22-13)15(21)19-8-12-18-7-10(6-16)14(17)20-12/h7,11,13H,1,3-5,8H2,2H3,(H,19,21)(H2,17,18,20)/t11-,13+/m1/s1. The van der Waals surface area contributed by atoms with Crippen LogP contribution in [0.1, 0.15) is 31.2 Å². The Morgan fingerprint density at radius 3 is 3.09 bits per heavy atom. The van der Waals surface area contributed by atoms with Crippen molar-refractivity contribution in [2.75, 3.05) is 12.3 Å². The minimum atomic E-state index is -0.249. The van der Waals surface area contributed by atoms with Crippen LogP contribution in [0.25, 0.3) is 0 Å². The highest BCUT2D eigenvalue weighted by Gasteiger charge is 2.32. The van der Waals surface area contributed by atoms with Crippen LogP contribution in [-0.2, 0) is 16.1 Å². The number of hydrogen-bond donors (Lipinski definition) is 2. The summed E-state index contributed by atoms with van der Waals surface area (Å²) in [5.74, 6) is 0.122. The molecule has 0 unspecified atom stereocenters. The van der Waals surface area contributed by atoms with Gasteiger partial charge in [0.15, 0.2) is 0 Å². The van der Waals surface area contributed by atoms with Crippen LogP contribution in [0.4, 0.5) is 5.82 Å². The van der Waals surface area contributed by atoms with E-state index in [9.17, 15) is 4.79 Å². The molecule has 0 saturated carbocycles. The molecule has 116 valence electrons. The zero-order valence-electron chi connectivity index (χ0n) is 12.5. The van der Waals surface area contributed by atoms with Gasteiger partial charge in [-0.2, -0.15) is 5.26 Å². The zero-order chi connectivity index (χ0) is 16.1. The summed E-state index contributed by atoms with van der Waals surface area (Å²) in [4.78, 5) is 20.3. The number of ether oxygens (including phenoxy) is 1. The first kappa shape index (κ1) is 15.9. The van der Waals surface area contributed by atoms with E-state index in [1.165, 1.54) is 6.20 Å². The van der Waals surface area contributed by atoms with Crippen LogP contribution >= 0.6 is 0 Å². The molecule has 1 aromatic rings. The summed E-state index contributed by atoms with van der Waals surface area (Å²) in [6.07, 6.45) is 2.72. The summed E-state index contributed by atoms with van der Waals surface area (Å²) < 4.78 is 5.63. The summed E-state index contributed by atoms with van der Waals surface area (Å²) in [5.41, 5.74) is 6.69. The summed E-state index contributed by atoms with van der Waals surface area (Å²) in [6.45, 7) is 6.56. The van der Waals surface area contributed by atoms with E-state index in [0.29, 0.717) is 12.4 Å². The molecule has 3 N–H and O–H groups in total. The molecule has 1 aromatic heterocycles. The number of nitriles is 1. The van der Waals surface area contributed by atoms with E-state index >= 15 is 0 Å². The number of carbonyl (C=O) groups excluding carboxylic acids is 1. The normalized spacial score (nSPS) is 20.9. The number of amides is 1. The number of hydrogen-bond acceptors (Lipinski definition) is 6. The summed E-state index contributed by atoms with van der Waals surface area (Å²) >= 11 is 0. The Balaban J connectivity index is 1.98. The first-order valence-electron chi connectivity index (χ1n) is 7.09. The maximum atomic E-state index is 12.3. The summed E-state index contributed by atoms with van der Waals surface area (Å²) in [7, 11) is 0. The van der Waals surface area contributed by atoms with E-state index in [0.717, 1.165) is 18.4 Å². The molecule has 1 aliphatic rings. The van der Waals surface area contributed by atoms with E-state index in [1.807, 2.05) is 13.0 Å².